The van der Waals surface area contributed by atoms with Gasteiger partial charge < -0.3 is 20.5 Å². The largest absolute Gasteiger partial charge is 0.491 e. The Labute approximate surface area is 133 Å². The molecule has 1 atom stereocenters. The second-order valence-corrected chi connectivity index (χ2v) is 6.38. The van der Waals surface area contributed by atoms with Gasteiger partial charge in [0.05, 0.1) is 0 Å². The predicted octanol–water partition coefficient (Wildman–Crippen LogP) is 1.95. The Morgan fingerprint density at radius 3 is 2.45 bits per heavy atom. The summed E-state index contributed by atoms with van der Waals surface area (Å²) in [4.78, 5) is 11.8. The van der Waals surface area contributed by atoms with Gasteiger partial charge >= 0.3 is 0 Å². The van der Waals surface area contributed by atoms with Gasteiger partial charge in [-0.2, -0.15) is 0 Å². The molecule has 1 rings (SSSR count). The van der Waals surface area contributed by atoms with Crippen molar-refractivity contribution in [3.63, 3.8) is 0 Å². The fraction of sp³-hybridized carbons (Fsp3) is 0.588. The zero-order valence-electron chi connectivity index (χ0n) is 14.0. The minimum Gasteiger partial charge on any atom is -0.491 e. The summed E-state index contributed by atoms with van der Waals surface area (Å²) in [6.45, 7) is 9.50. The van der Waals surface area contributed by atoms with Crippen molar-refractivity contribution in [1.29, 1.82) is 0 Å². The van der Waals surface area contributed by atoms with E-state index in [1.165, 1.54) is 0 Å². The van der Waals surface area contributed by atoms with Crippen molar-refractivity contribution in [2.75, 3.05) is 19.7 Å². The molecule has 1 aromatic rings. The summed E-state index contributed by atoms with van der Waals surface area (Å²) in [5.74, 6) is 0.560. The van der Waals surface area contributed by atoms with Crippen LogP contribution >= 0.6 is 0 Å². The highest BCUT2D eigenvalue weighted by Gasteiger charge is 2.12. The third kappa shape index (κ3) is 7.43. The SMILES string of the molecule is CCCNC(=O)c1ccc(OCC(O)CNC(C)(C)C)cc1. The molecule has 0 saturated carbocycles. The van der Waals surface area contributed by atoms with Gasteiger partial charge in [0.15, 0.2) is 0 Å². The Hall–Kier alpha value is -1.59. The molecule has 0 heterocycles. The van der Waals surface area contributed by atoms with Crippen LogP contribution in [0.3, 0.4) is 0 Å². The average molecular weight is 308 g/mol. The predicted molar refractivity (Wildman–Crippen MR) is 88.3 cm³/mol. The Morgan fingerprint density at radius 2 is 1.91 bits per heavy atom. The number of carbonyl (C=O) groups excluding carboxylic acids is 1. The molecule has 5 heteroatoms. The second-order valence-electron chi connectivity index (χ2n) is 6.38. The number of β-amino-alcohol motifs (C(OH)–C–C–N with tert-alkyl or cyclic N) is 1. The molecule has 0 radical (unpaired) electrons. The van der Waals surface area contributed by atoms with Gasteiger partial charge in [-0.3, -0.25) is 4.79 Å². The maximum atomic E-state index is 11.8. The van der Waals surface area contributed by atoms with Crippen LogP contribution < -0.4 is 15.4 Å². The standard InChI is InChI=1S/C17H28N2O3/c1-5-10-18-16(21)13-6-8-15(9-7-13)22-12-14(20)11-19-17(2,3)4/h6-9,14,19-20H,5,10-12H2,1-4H3,(H,18,21). The number of carbonyl (C=O) groups is 1. The van der Waals surface area contributed by atoms with Gasteiger partial charge in [0, 0.05) is 24.2 Å². The van der Waals surface area contributed by atoms with Crippen molar-refractivity contribution < 1.29 is 14.6 Å². The van der Waals surface area contributed by atoms with E-state index in [0.29, 0.717) is 24.4 Å². The van der Waals surface area contributed by atoms with E-state index in [0.717, 1.165) is 6.42 Å². The monoisotopic (exact) mass is 308 g/mol. The molecular formula is C17H28N2O3. The van der Waals surface area contributed by atoms with Crippen LogP contribution in [0.1, 0.15) is 44.5 Å². The quantitative estimate of drug-likeness (QED) is 0.686. The van der Waals surface area contributed by atoms with E-state index in [1.54, 1.807) is 24.3 Å². The van der Waals surface area contributed by atoms with Gasteiger partial charge in [0.2, 0.25) is 0 Å². The molecule has 0 spiro atoms. The lowest BCUT2D eigenvalue weighted by Gasteiger charge is -2.22. The summed E-state index contributed by atoms with van der Waals surface area (Å²) in [5, 5.41) is 15.9. The number of ether oxygens (including phenoxy) is 1. The smallest absolute Gasteiger partial charge is 0.251 e. The van der Waals surface area contributed by atoms with E-state index in [-0.39, 0.29) is 18.1 Å². The van der Waals surface area contributed by atoms with Gasteiger partial charge in [0.25, 0.3) is 5.91 Å². The van der Waals surface area contributed by atoms with Crippen molar-refractivity contribution in [1.82, 2.24) is 10.6 Å². The van der Waals surface area contributed by atoms with Crippen LogP contribution in [0, 0.1) is 0 Å². The first kappa shape index (κ1) is 18.5. The Balaban J connectivity index is 2.39. The van der Waals surface area contributed by atoms with Crippen LogP contribution in [0.15, 0.2) is 24.3 Å². The summed E-state index contributed by atoms with van der Waals surface area (Å²) in [5.41, 5.74) is 0.574. The molecule has 0 aromatic heterocycles. The third-order valence-electron chi connectivity index (χ3n) is 2.96. The molecule has 0 aliphatic carbocycles. The number of benzene rings is 1. The number of aliphatic hydroxyl groups is 1. The van der Waals surface area contributed by atoms with Gasteiger partial charge in [0.1, 0.15) is 18.5 Å². The fourth-order valence-electron chi connectivity index (χ4n) is 1.72. The molecule has 0 aliphatic heterocycles. The maximum Gasteiger partial charge on any atom is 0.251 e. The van der Waals surface area contributed by atoms with Crippen LogP contribution in [0.25, 0.3) is 0 Å². The Kier molecular flexibility index (Phi) is 7.35. The Morgan fingerprint density at radius 1 is 1.27 bits per heavy atom. The van der Waals surface area contributed by atoms with E-state index in [1.807, 2.05) is 27.7 Å². The van der Waals surface area contributed by atoms with Crippen molar-refractivity contribution in [3.05, 3.63) is 29.8 Å². The van der Waals surface area contributed by atoms with E-state index < -0.39 is 6.10 Å². The van der Waals surface area contributed by atoms with Crippen molar-refractivity contribution in [2.24, 2.45) is 0 Å². The zero-order valence-corrected chi connectivity index (χ0v) is 14.0. The van der Waals surface area contributed by atoms with Crippen LogP contribution in [0.5, 0.6) is 5.75 Å². The highest BCUT2D eigenvalue weighted by Crippen LogP contribution is 2.12. The van der Waals surface area contributed by atoms with Gasteiger partial charge in [-0.05, 0) is 51.5 Å². The van der Waals surface area contributed by atoms with Crippen LogP contribution in [-0.4, -0.2) is 42.4 Å². The summed E-state index contributed by atoms with van der Waals surface area (Å²) >= 11 is 0. The first-order valence-electron chi connectivity index (χ1n) is 7.76. The molecule has 0 saturated heterocycles. The fourth-order valence-corrected chi connectivity index (χ4v) is 1.72. The van der Waals surface area contributed by atoms with Crippen LogP contribution in [0.4, 0.5) is 0 Å². The maximum absolute atomic E-state index is 11.8. The molecule has 0 fully saturated rings. The van der Waals surface area contributed by atoms with E-state index in [9.17, 15) is 9.90 Å². The van der Waals surface area contributed by atoms with Crippen LogP contribution in [0.2, 0.25) is 0 Å². The van der Waals surface area contributed by atoms with E-state index in [4.69, 9.17) is 4.74 Å². The highest BCUT2D eigenvalue weighted by atomic mass is 16.5. The zero-order chi connectivity index (χ0) is 16.6. The van der Waals surface area contributed by atoms with Crippen molar-refractivity contribution in [2.45, 2.75) is 45.8 Å². The molecule has 0 aliphatic rings. The summed E-state index contributed by atoms with van der Waals surface area (Å²) in [6.07, 6.45) is 0.333. The minimum absolute atomic E-state index is 0.0333. The van der Waals surface area contributed by atoms with Crippen molar-refractivity contribution >= 4 is 5.91 Å². The first-order valence-corrected chi connectivity index (χ1v) is 7.76. The summed E-state index contributed by atoms with van der Waals surface area (Å²) in [7, 11) is 0. The second kappa shape index (κ2) is 8.76. The van der Waals surface area contributed by atoms with Crippen LogP contribution in [-0.2, 0) is 0 Å². The molecule has 22 heavy (non-hydrogen) atoms. The molecule has 0 bridgehead atoms. The average Bonchev–Trinajstić information content (AvgIpc) is 2.48. The lowest BCUT2D eigenvalue weighted by atomic mass is 10.1. The number of nitrogens with one attached hydrogen (secondary N) is 2. The number of aliphatic hydroxyl groups excluding tert-OH is 1. The normalized spacial score (nSPS) is 12.8. The number of rotatable bonds is 8. The van der Waals surface area contributed by atoms with E-state index >= 15 is 0 Å². The molecule has 5 nitrogen and oxygen atoms in total. The van der Waals surface area contributed by atoms with Gasteiger partial charge in [-0.25, -0.2) is 0 Å². The molecule has 3 N–H and O–H groups in total. The number of hydrogen-bond acceptors (Lipinski definition) is 4. The van der Waals surface area contributed by atoms with Crippen molar-refractivity contribution in [3.8, 4) is 5.75 Å². The molecule has 124 valence electrons. The highest BCUT2D eigenvalue weighted by molar-refractivity contribution is 5.94. The lowest BCUT2D eigenvalue weighted by molar-refractivity contribution is 0.0951. The number of hydrogen-bond donors (Lipinski definition) is 3. The minimum atomic E-state index is -0.577. The summed E-state index contributed by atoms with van der Waals surface area (Å²) in [6, 6.07) is 6.93. The summed E-state index contributed by atoms with van der Waals surface area (Å²) < 4.78 is 5.53. The molecule has 1 aromatic carbocycles. The van der Waals surface area contributed by atoms with Gasteiger partial charge in [-0.1, -0.05) is 6.92 Å². The lowest BCUT2D eigenvalue weighted by Crippen LogP contribution is -2.42. The molecular weight excluding hydrogens is 280 g/mol. The topological polar surface area (TPSA) is 70.6 Å². The van der Waals surface area contributed by atoms with E-state index in [2.05, 4.69) is 10.6 Å². The number of amides is 1. The Bertz CT molecular complexity index is 452. The molecule has 1 amide bonds. The molecule has 1 unspecified atom stereocenters. The first-order chi connectivity index (χ1) is 10.3. The third-order valence-corrected chi connectivity index (χ3v) is 2.96. The van der Waals surface area contributed by atoms with Gasteiger partial charge in [-0.15, -0.1) is 0 Å².